The highest BCUT2D eigenvalue weighted by molar-refractivity contribution is 5.83. The van der Waals surface area contributed by atoms with Gasteiger partial charge in [0.1, 0.15) is 0 Å². The lowest BCUT2D eigenvalue weighted by Gasteiger charge is -2.26. The summed E-state index contributed by atoms with van der Waals surface area (Å²) in [5.74, 6) is 0. The van der Waals surface area contributed by atoms with E-state index in [1.807, 2.05) is 12.4 Å². The maximum Gasteiger partial charge on any atom is 0.0704 e. The molecule has 2 nitrogen and oxygen atoms in total. The van der Waals surface area contributed by atoms with Crippen molar-refractivity contribution in [3.63, 3.8) is 0 Å². The largest absolute Gasteiger partial charge is 0.256 e. The van der Waals surface area contributed by atoms with Crippen molar-refractivity contribution >= 4 is 21.8 Å². The fourth-order valence-corrected chi connectivity index (χ4v) is 4.96. The monoisotopic (exact) mass is 424 g/mol. The minimum absolute atomic E-state index is 0.190. The number of fused-ring (bicyclic) bond motifs is 2. The Morgan fingerprint density at radius 3 is 1.91 bits per heavy atom. The van der Waals surface area contributed by atoms with Crippen molar-refractivity contribution in [2.45, 2.75) is 77.0 Å². The summed E-state index contributed by atoms with van der Waals surface area (Å²) in [5, 5.41) is 2.63. The Labute approximate surface area is 193 Å². The highest BCUT2D eigenvalue weighted by atomic mass is 14.6. The van der Waals surface area contributed by atoms with Crippen LogP contribution in [-0.2, 0) is 11.8 Å². The van der Waals surface area contributed by atoms with Gasteiger partial charge in [0.05, 0.1) is 11.0 Å². The van der Waals surface area contributed by atoms with Crippen LogP contribution in [0.4, 0.5) is 0 Å². The van der Waals surface area contributed by atoms with Crippen molar-refractivity contribution in [2.75, 3.05) is 0 Å². The first-order valence-corrected chi connectivity index (χ1v) is 12.3. The minimum Gasteiger partial charge on any atom is -0.256 e. The number of hydrogen-bond donors (Lipinski definition) is 0. The van der Waals surface area contributed by atoms with Gasteiger partial charge in [-0.3, -0.25) is 9.97 Å². The van der Waals surface area contributed by atoms with Crippen molar-refractivity contribution in [3.05, 3.63) is 84.2 Å². The van der Waals surface area contributed by atoms with E-state index < -0.39 is 0 Å². The number of benzene rings is 2. The third-order valence-electron chi connectivity index (χ3n) is 6.87. The zero-order valence-electron chi connectivity index (χ0n) is 19.7. The quantitative estimate of drug-likeness (QED) is 0.226. The number of nitrogens with zero attached hydrogens (tertiary/aromatic N) is 2. The van der Waals surface area contributed by atoms with Gasteiger partial charge in [0.2, 0.25) is 0 Å². The predicted molar refractivity (Wildman–Crippen MR) is 137 cm³/mol. The maximum atomic E-state index is 4.53. The molecule has 32 heavy (non-hydrogen) atoms. The Morgan fingerprint density at radius 2 is 1.16 bits per heavy atom. The van der Waals surface area contributed by atoms with Gasteiger partial charge in [-0.05, 0) is 60.1 Å². The van der Waals surface area contributed by atoms with Gasteiger partial charge in [0, 0.05) is 23.2 Å². The smallest absolute Gasteiger partial charge is 0.0704 e. The average Bonchev–Trinajstić information content (AvgIpc) is 2.82. The fourth-order valence-electron chi connectivity index (χ4n) is 4.96. The Bertz CT molecular complexity index is 1140. The number of pyridine rings is 2. The van der Waals surface area contributed by atoms with Crippen LogP contribution in [-0.4, -0.2) is 9.97 Å². The molecule has 0 aliphatic carbocycles. The molecule has 0 bridgehead atoms. The lowest BCUT2D eigenvalue weighted by Crippen LogP contribution is -2.17. The summed E-state index contributed by atoms with van der Waals surface area (Å²) in [7, 11) is 0. The summed E-state index contributed by atoms with van der Waals surface area (Å²) in [5.41, 5.74) is 5.30. The summed E-state index contributed by atoms with van der Waals surface area (Å²) in [6, 6.07) is 21.4. The molecule has 2 aromatic heterocycles. The highest BCUT2D eigenvalue weighted by Gasteiger charge is 2.22. The first kappa shape index (κ1) is 22.5. The molecule has 0 radical (unpaired) electrons. The summed E-state index contributed by atoms with van der Waals surface area (Å²) >= 11 is 0. The van der Waals surface area contributed by atoms with E-state index in [1.165, 1.54) is 73.3 Å². The second kappa shape index (κ2) is 10.7. The Morgan fingerprint density at radius 1 is 0.594 bits per heavy atom. The van der Waals surface area contributed by atoms with E-state index in [9.17, 15) is 0 Å². The molecule has 4 aromatic rings. The van der Waals surface area contributed by atoms with Crippen LogP contribution in [0, 0.1) is 0 Å². The zero-order valence-corrected chi connectivity index (χ0v) is 19.7. The second-order valence-corrected chi connectivity index (χ2v) is 9.72. The molecular formula is C30H36N2. The molecular weight excluding hydrogens is 388 g/mol. The molecule has 0 aliphatic rings. The van der Waals surface area contributed by atoms with Gasteiger partial charge in [-0.2, -0.15) is 0 Å². The van der Waals surface area contributed by atoms with E-state index in [1.54, 1.807) is 0 Å². The molecule has 4 rings (SSSR count). The number of aryl methyl sites for hydroxylation is 1. The molecule has 0 fully saturated rings. The molecule has 0 aliphatic heterocycles. The number of aromatic nitrogens is 2. The van der Waals surface area contributed by atoms with Crippen molar-refractivity contribution in [2.24, 2.45) is 0 Å². The molecule has 0 saturated carbocycles. The van der Waals surface area contributed by atoms with Gasteiger partial charge in [-0.15, -0.1) is 0 Å². The van der Waals surface area contributed by atoms with Crippen molar-refractivity contribution < 1.29 is 0 Å². The van der Waals surface area contributed by atoms with Gasteiger partial charge in [-0.1, -0.05) is 88.8 Å². The van der Waals surface area contributed by atoms with Crippen molar-refractivity contribution in [1.82, 2.24) is 9.97 Å². The van der Waals surface area contributed by atoms with Crippen molar-refractivity contribution in [1.29, 1.82) is 0 Å². The normalized spacial score (nSPS) is 11.9. The number of unbranched alkanes of at least 4 members (excludes halogenated alkanes) is 6. The van der Waals surface area contributed by atoms with E-state index in [-0.39, 0.29) is 5.41 Å². The molecule has 166 valence electrons. The zero-order chi connectivity index (χ0) is 22.2. The van der Waals surface area contributed by atoms with E-state index >= 15 is 0 Å². The Balaban J connectivity index is 1.15. The van der Waals surface area contributed by atoms with E-state index in [4.69, 9.17) is 0 Å². The molecule has 2 aromatic carbocycles. The lowest BCUT2D eigenvalue weighted by molar-refractivity contribution is 0.444. The summed E-state index contributed by atoms with van der Waals surface area (Å²) in [6.45, 7) is 4.77. The molecule has 2 heteroatoms. The molecule has 0 amide bonds. The van der Waals surface area contributed by atoms with Crippen LogP contribution < -0.4 is 0 Å². The Hall–Kier alpha value is -2.74. The highest BCUT2D eigenvalue weighted by Crippen LogP contribution is 2.33. The average molecular weight is 425 g/mol. The fraction of sp³-hybridized carbons (Fsp3) is 0.400. The second-order valence-electron chi connectivity index (χ2n) is 9.72. The van der Waals surface area contributed by atoms with Crippen LogP contribution >= 0.6 is 0 Å². The SMILES string of the molecule is CC(C)(CCCCCCCCCc1ccnc2ccccc12)c1ccnc2ccccc12. The van der Waals surface area contributed by atoms with Crippen LogP contribution in [0.5, 0.6) is 0 Å². The summed E-state index contributed by atoms with van der Waals surface area (Å²) in [4.78, 5) is 9.01. The number of rotatable bonds is 11. The number of para-hydroxylation sites is 2. The molecule has 0 spiro atoms. The molecule has 0 unspecified atom stereocenters. The van der Waals surface area contributed by atoms with E-state index in [0.29, 0.717) is 0 Å². The standard InChI is InChI=1S/C30H36N2/c1-30(2,27-20-23-32-29-18-12-10-16-26(27)29)21-13-7-5-3-4-6-8-14-24-19-22-31-28-17-11-9-15-25(24)28/h9-12,15-20,22-23H,3-8,13-14,21H2,1-2H3. The van der Waals surface area contributed by atoms with Gasteiger partial charge in [0.25, 0.3) is 0 Å². The van der Waals surface area contributed by atoms with Gasteiger partial charge >= 0.3 is 0 Å². The summed E-state index contributed by atoms with van der Waals surface area (Å²) < 4.78 is 0. The van der Waals surface area contributed by atoms with E-state index in [2.05, 4.69) is 84.5 Å². The van der Waals surface area contributed by atoms with Crippen LogP contribution in [0.2, 0.25) is 0 Å². The van der Waals surface area contributed by atoms with Crippen LogP contribution in [0.25, 0.3) is 21.8 Å². The summed E-state index contributed by atoms with van der Waals surface area (Å²) in [6.07, 6.45) is 15.6. The number of hydrogen-bond acceptors (Lipinski definition) is 2. The molecule has 0 N–H and O–H groups in total. The lowest BCUT2D eigenvalue weighted by atomic mass is 9.78. The van der Waals surface area contributed by atoms with Gasteiger partial charge < -0.3 is 0 Å². The van der Waals surface area contributed by atoms with Crippen LogP contribution in [0.15, 0.2) is 73.1 Å². The maximum absolute atomic E-state index is 4.53. The molecule has 0 saturated heterocycles. The van der Waals surface area contributed by atoms with E-state index in [0.717, 1.165) is 17.5 Å². The first-order chi connectivity index (χ1) is 15.6. The van der Waals surface area contributed by atoms with Crippen molar-refractivity contribution in [3.8, 4) is 0 Å². The third-order valence-corrected chi connectivity index (χ3v) is 6.87. The van der Waals surface area contributed by atoms with Crippen LogP contribution in [0.3, 0.4) is 0 Å². The van der Waals surface area contributed by atoms with Crippen LogP contribution in [0.1, 0.15) is 76.3 Å². The molecule has 0 atom stereocenters. The Kier molecular flexibility index (Phi) is 7.52. The first-order valence-electron chi connectivity index (χ1n) is 12.3. The topological polar surface area (TPSA) is 25.8 Å². The predicted octanol–water partition coefficient (Wildman–Crippen LogP) is 8.42. The van der Waals surface area contributed by atoms with Gasteiger partial charge in [-0.25, -0.2) is 0 Å². The molecule has 2 heterocycles. The minimum atomic E-state index is 0.190. The third kappa shape index (κ3) is 5.54. The van der Waals surface area contributed by atoms with Gasteiger partial charge in [0.15, 0.2) is 0 Å².